The van der Waals surface area contributed by atoms with Gasteiger partial charge in [-0.1, -0.05) is 0 Å². The lowest BCUT2D eigenvalue weighted by Crippen LogP contribution is -2.44. The number of carboxylic acids is 2. The van der Waals surface area contributed by atoms with Crippen LogP contribution in [0.5, 0.6) is 0 Å². The molecule has 8 heteroatoms. The van der Waals surface area contributed by atoms with Crippen LogP contribution in [0.25, 0.3) is 0 Å². The van der Waals surface area contributed by atoms with Crippen LogP contribution >= 0.6 is 0 Å². The molecule has 20 heavy (non-hydrogen) atoms. The summed E-state index contributed by atoms with van der Waals surface area (Å²) in [6.07, 6.45) is -1.05. The number of nitrogens with one attached hydrogen (secondary N) is 1. The Hall–Kier alpha value is -1.83. The summed E-state index contributed by atoms with van der Waals surface area (Å²) in [6, 6.07) is -0.771. The third-order valence-corrected chi connectivity index (χ3v) is 2.21. The highest BCUT2D eigenvalue weighted by Gasteiger charge is 2.30. The van der Waals surface area contributed by atoms with Crippen LogP contribution in [0.1, 0.15) is 27.2 Å². The van der Waals surface area contributed by atoms with Crippen molar-refractivity contribution in [2.45, 2.75) is 38.8 Å². The third kappa shape index (κ3) is 7.57. The molecule has 8 nitrogen and oxygen atoms in total. The van der Waals surface area contributed by atoms with E-state index in [2.05, 4.69) is 5.32 Å². The van der Waals surface area contributed by atoms with E-state index in [0.717, 1.165) is 0 Å². The lowest BCUT2D eigenvalue weighted by atomic mass is 10.0. The first-order valence-electron chi connectivity index (χ1n) is 6.01. The van der Waals surface area contributed by atoms with Crippen LogP contribution < -0.4 is 5.32 Å². The van der Waals surface area contributed by atoms with Crippen molar-refractivity contribution in [3.8, 4) is 0 Å². The summed E-state index contributed by atoms with van der Waals surface area (Å²) in [5.41, 5.74) is -0.708. The van der Waals surface area contributed by atoms with E-state index in [1.54, 1.807) is 20.8 Å². The molecule has 0 saturated carbocycles. The van der Waals surface area contributed by atoms with Crippen molar-refractivity contribution < 1.29 is 34.1 Å². The molecule has 0 heterocycles. The Kier molecular flexibility index (Phi) is 6.98. The molecule has 1 amide bonds. The van der Waals surface area contributed by atoms with Crippen LogP contribution in [0.2, 0.25) is 0 Å². The quantitative estimate of drug-likeness (QED) is 0.590. The molecule has 0 radical (unpaired) electrons. The highest BCUT2D eigenvalue weighted by Crippen LogP contribution is 2.11. The van der Waals surface area contributed by atoms with Gasteiger partial charge in [0, 0.05) is 7.11 Å². The summed E-state index contributed by atoms with van der Waals surface area (Å²) in [7, 11) is 1.36. The van der Waals surface area contributed by atoms with Crippen molar-refractivity contribution in [2.24, 2.45) is 5.92 Å². The van der Waals surface area contributed by atoms with Crippen molar-refractivity contribution in [3.05, 3.63) is 0 Å². The third-order valence-electron chi connectivity index (χ3n) is 2.21. The van der Waals surface area contributed by atoms with Gasteiger partial charge in [0.05, 0.1) is 12.6 Å². The van der Waals surface area contributed by atoms with E-state index in [1.165, 1.54) is 7.11 Å². The summed E-state index contributed by atoms with van der Waals surface area (Å²) in [6.45, 7) is 5.01. The van der Waals surface area contributed by atoms with E-state index in [-0.39, 0.29) is 13.0 Å². The smallest absolute Gasteiger partial charge is 0.407 e. The second kappa shape index (κ2) is 7.68. The highest BCUT2D eigenvalue weighted by atomic mass is 16.6. The number of carbonyl (C=O) groups is 3. The summed E-state index contributed by atoms with van der Waals surface area (Å²) in [5.74, 6) is -4.56. The summed E-state index contributed by atoms with van der Waals surface area (Å²) in [5, 5.41) is 20.0. The molecule has 1 atom stereocenters. The molecule has 0 fully saturated rings. The van der Waals surface area contributed by atoms with Crippen LogP contribution in [0.3, 0.4) is 0 Å². The molecular formula is C12H21NO7. The molecule has 0 rings (SSSR count). The zero-order chi connectivity index (χ0) is 15.9. The monoisotopic (exact) mass is 291 g/mol. The Morgan fingerprint density at radius 2 is 1.65 bits per heavy atom. The maximum absolute atomic E-state index is 11.6. The van der Waals surface area contributed by atoms with Gasteiger partial charge in [-0.3, -0.25) is 9.59 Å². The molecule has 116 valence electrons. The largest absolute Gasteiger partial charge is 0.481 e. The fraction of sp³-hybridized carbons (Fsp3) is 0.750. The maximum Gasteiger partial charge on any atom is 0.407 e. The molecule has 0 aromatic carbocycles. The summed E-state index contributed by atoms with van der Waals surface area (Å²) >= 11 is 0. The summed E-state index contributed by atoms with van der Waals surface area (Å²) in [4.78, 5) is 33.2. The number of methoxy groups -OCH3 is 1. The minimum absolute atomic E-state index is 0.0176. The maximum atomic E-state index is 11.6. The minimum Gasteiger partial charge on any atom is -0.481 e. The molecule has 0 aliphatic carbocycles. The lowest BCUT2D eigenvalue weighted by molar-refractivity contribution is -0.155. The van der Waals surface area contributed by atoms with Crippen LogP contribution in [0.4, 0.5) is 4.79 Å². The van der Waals surface area contributed by atoms with Crippen LogP contribution in [0, 0.1) is 5.92 Å². The predicted octanol–water partition coefficient (Wildman–Crippen LogP) is 0.702. The van der Waals surface area contributed by atoms with Gasteiger partial charge >= 0.3 is 18.0 Å². The van der Waals surface area contributed by atoms with Crippen LogP contribution in [-0.4, -0.2) is 53.6 Å². The second-order valence-corrected chi connectivity index (χ2v) is 5.26. The number of carboxylic acid groups (broad SMARTS) is 2. The number of hydrogen-bond donors (Lipinski definition) is 3. The molecule has 0 aliphatic heterocycles. The lowest BCUT2D eigenvalue weighted by Gasteiger charge is -2.24. The fourth-order valence-electron chi connectivity index (χ4n) is 1.44. The zero-order valence-corrected chi connectivity index (χ0v) is 12.0. The number of ether oxygens (including phenoxy) is 2. The summed E-state index contributed by atoms with van der Waals surface area (Å²) < 4.78 is 9.86. The van der Waals surface area contributed by atoms with Gasteiger partial charge in [-0.15, -0.1) is 0 Å². The van der Waals surface area contributed by atoms with Crippen LogP contribution in [-0.2, 0) is 19.1 Å². The SMILES string of the molecule is COC[C@H](CC(C(=O)O)C(=O)O)NC(=O)OC(C)(C)C. The fourth-order valence-corrected chi connectivity index (χ4v) is 1.44. The van der Waals surface area contributed by atoms with Gasteiger partial charge in [-0.05, 0) is 27.2 Å². The van der Waals surface area contributed by atoms with Gasteiger partial charge in [0.15, 0.2) is 5.92 Å². The highest BCUT2D eigenvalue weighted by molar-refractivity contribution is 5.92. The van der Waals surface area contributed by atoms with E-state index in [1.807, 2.05) is 0 Å². The molecule has 0 unspecified atom stereocenters. The van der Waals surface area contributed by atoms with Gasteiger partial charge in [0.25, 0.3) is 0 Å². The molecule has 0 aromatic rings. The van der Waals surface area contributed by atoms with Crippen molar-refractivity contribution in [1.82, 2.24) is 5.32 Å². The van der Waals surface area contributed by atoms with E-state index in [9.17, 15) is 14.4 Å². The first-order chi connectivity index (χ1) is 9.06. The average molecular weight is 291 g/mol. The Labute approximate surface area is 117 Å². The second-order valence-electron chi connectivity index (χ2n) is 5.26. The molecule has 0 aliphatic rings. The molecule has 0 bridgehead atoms. The number of rotatable bonds is 7. The van der Waals surface area contributed by atoms with Crippen molar-refractivity contribution >= 4 is 18.0 Å². The van der Waals surface area contributed by atoms with Crippen molar-refractivity contribution in [2.75, 3.05) is 13.7 Å². The van der Waals surface area contributed by atoms with Gasteiger partial charge in [-0.2, -0.15) is 0 Å². The van der Waals surface area contributed by atoms with Crippen molar-refractivity contribution in [3.63, 3.8) is 0 Å². The van der Waals surface area contributed by atoms with Gasteiger partial charge in [0.2, 0.25) is 0 Å². The number of hydrogen-bond acceptors (Lipinski definition) is 5. The molecule has 3 N–H and O–H groups in total. The minimum atomic E-state index is -1.62. The normalized spacial score (nSPS) is 12.8. The number of amides is 1. The van der Waals surface area contributed by atoms with E-state index >= 15 is 0 Å². The number of aliphatic carboxylic acids is 2. The molecule has 0 aromatic heterocycles. The van der Waals surface area contributed by atoms with Gasteiger partial charge in [-0.25, -0.2) is 4.79 Å². The Morgan fingerprint density at radius 3 is 2.00 bits per heavy atom. The number of carbonyl (C=O) groups excluding carboxylic acids is 1. The first kappa shape index (κ1) is 18.2. The van der Waals surface area contributed by atoms with Crippen molar-refractivity contribution in [1.29, 1.82) is 0 Å². The topological polar surface area (TPSA) is 122 Å². The number of alkyl carbamates (subject to hydrolysis) is 1. The first-order valence-corrected chi connectivity index (χ1v) is 6.01. The molecule has 0 saturated heterocycles. The Balaban J connectivity index is 4.68. The van der Waals surface area contributed by atoms with Gasteiger partial charge in [0.1, 0.15) is 5.60 Å². The molecular weight excluding hydrogens is 270 g/mol. The van der Waals surface area contributed by atoms with Crippen LogP contribution in [0.15, 0.2) is 0 Å². The Bertz CT molecular complexity index is 347. The molecule has 0 spiro atoms. The van der Waals surface area contributed by atoms with E-state index < -0.39 is 35.6 Å². The van der Waals surface area contributed by atoms with E-state index in [0.29, 0.717) is 0 Å². The zero-order valence-electron chi connectivity index (χ0n) is 12.0. The van der Waals surface area contributed by atoms with E-state index in [4.69, 9.17) is 19.7 Å². The van der Waals surface area contributed by atoms with Gasteiger partial charge < -0.3 is 25.0 Å². The Morgan fingerprint density at radius 1 is 1.15 bits per heavy atom. The predicted molar refractivity (Wildman–Crippen MR) is 68.4 cm³/mol. The average Bonchev–Trinajstić information content (AvgIpc) is 2.21. The standard InChI is InChI=1S/C12H21NO7/c1-12(2,3)20-11(18)13-7(6-19-4)5-8(9(14)15)10(16)17/h7-8H,5-6H2,1-4H3,(H,13,18)(H,14,15)(H,16,17)/t7-/m0/s1.